The largest absolute Gasteiger partial charge is 0.507 e. The molecule has 1 N–H and O–H groups in total. The molecule has 1 saturated heterocycles. The second kappa shape index (κ2) is 9.51. The van der Waals surface area contributed by atoms with Crippen LogP contribution in [-0.2, 0) is 9.59 Å². The van der Waals surface area contributed by atoms with Crippen LogP contribution >= 0.6 is 0 Å². The number of carbonyl (C=O) groups excluding carboxylic acids is 2. The Bertz CT molecular complexity index is 1250. The summed E-state index contributed by atoms with van der Waals surface area (Å²) in [6.07, 6.45) is 0. The van der Waals surface area contributed by atoms with Crippen LogP contribution in [0.4, 0.5) is 15.8 Å². The number of ketones is 1. The Balaban J connectivity index is 1.90. The van der Waals surface area contributed by atoms with Gasteiger partial charge in [-0.25, -0.2) is 4.39 Å². The van der Waals surface area contributed by atoms with E-state index in [9.17, 15) is 19.1 Å². The predicted octanol–water partition coefficient (Wildman–Crippen LogP) is 5.61. The molecule has 0 bridgehead atoms. The minimum atomic E-state index is -0.822. The minimum absolute atomic E-state index is 0.0197. The Morgan fingerprint density at radius 2 is 1.62 bits per heavy atom. The van der Waals surface area contributed by atoms with Crippen molar-refractivity contribution in [1.29, 1.82) is 0 Å². The molecule has 1 aliphatic heterocycles. The number of amides is 1. The molecule has 0 aromatic heterocycles. The Labute approximate surface area is 198 Å². The fourth-order valence-corrected chi connectivity index (χ4v) is 4.41. The van der Waals surface area contributed by atoms with Gasteiger partial charge in [0, 0.05) is 30.0 Å². The number of aliphatic hydroxyl groups is 1. The highest BCUT2D eigenvalue weighted by Gasteiger charge is 2.47. The first-order valence-electron chi connectivity index (χ1n) is 11.3. The maximum atomic E-state index is 13.5. The molecule has 3 aromatic carbocycles. The second-order valence-electron chi connectivity index (χ2n) is 8.28. The third-order valence-electron chi connectivity index (χ3n) is 6.18. The first-order valence-corrected chi connectivity index (χ1v) is 11.3. The van der Waals surface area contributed by atoms with Gasteiger partial charge in [-0.2, -0.15) is 0 Å². The molecule has 0 aliphatic carbocycles. The second-order valence-corrected chi connectivity index (χ2v) is 8.28. The Kier molecular flexibility index (Phi) is 6.50. The van der Waals surface area contributed by atoms with E-state index in [1.54, 1.807) is 6.07 Å². The zero-order valence-electron chi connectivity index (χ0n) is 19.5. The van der Waals surface area contributed by atoms with Crippen LogP contribution in [0.3, 0.4) is 0 Å². The zero-order chi connectivity index (χ0) is 24.4. The predicted molar refractivity (Wildman–Crippen MR) is 132 cm³/mol. The molecule has 1 amide bonds. The van der Waals surface area contributed by atoms with Crippen molar-refractivity contribution in [2.75, 3.05) is 22.9 Å². The Morgan fingerprint density at radius 1 is 0.971 bits per heavy atom. The smallest absolute Gasteiger partial charge is 0.300 e. The van der Waals surface area contributed by atoms with E-state index in [4.69, 9.17) is 0 Å². The highest BCUT2D eigenvalue weighted by Crippen LogP contribution is 2.42. The summed E-state index contributed by atoms with van der Waals surface area (Å²) >= 11 is 0. The number of carbonyl (C=O) groups is 2. The third-order valence-corrected chi connectivity index (χ3v) is 6.18. The quantitative estimate of drug-likeness (QED) is 0.296. The standard InChI is InChI=1S/C28H27FN2O3/c1-4-30(5-2)22-15-11-19(12-16-22)25-24(26(32)20-9-13-21(29)14-10-20)27(33)28(34)31(25)23-8-6-7-18(3)17-23/h6-17,25,32H,4-5H2,1-3H3/b26-24+. The molecule has 1 fully saturated rings. The summed E-state index contributed by atoms with van der Waals surface area (Å²) in [6, 6.07) is 19.4. The monoisotopic (exact) mass is 458 g/mol. The Hall–Kier alpha value is -3.93. The van der Waals surface area contributed by atoms with Crippen LogP contribution in [0.25, 0.3) is 5.76 Å². The zero-order valence-corrected chi connectivity index (χ0v) is 19.5. The number of hydrogen-bond donors (Lipinski definition) is 1. The number of aliphatic hydroxyl groups excluding tert-OH is 1. The van der Waals surface area contributed by atoms with Gasteiger partial charge in [-0.15, -0.1) is 0 Å². The summed E-state index contributed by atoms with van der Waals surface area (Å²) in [7, 11) is 0. The number of anilines is 2. The normalized spacial score (nSPS) is 17.3. The van der Waals surface area contributed by atoms with E-state index in [0.29, 0.717) is 11.3 Å². The van der Waals surface area contributed by atoms with Gasteiger partial charge in [-0.3, -0.25) is 14.5 Å². The van der Waals surface area contributed by atoms with E-state index < -0.39 is 23.5 Å². The number of rotatable bonds is 6. The molecule has 0 saturated carbocycles. The summed E-state index contributed by atoms with van der Waals surface area (Å²) in [6.45, 7) is 7.76. The molecular formula is C28H27FN2O3. The van der Waals surface area contributed by atoms with Gasteiger partial charge < -0.3 is 10.0 Å². The molecule has 174 valence electrons. The van der Waals surface area contributed by atoms with Crippen molar-refractivity contribution in [2.24, 2.45) is 0 Å². The lowest BCUT2D eigenvalue weighted by atomic mass is 9.94. The van der Waals surface area contributed by atoms with Crippen LogP contribution in [0.15, 0.2) is 78.4 Å². The molecule has 34 heavy (non-hydrogen) atoms. The minimum Gasteiger partial charge on any atom is -0.507 e. The van der Waals surface area contributed by atoms with Gasteiger partial charge >= 0.3 is 0 Å². The van der Waals surface area contributed by atoms with Gasteiger partial charge in [0.25, 0.3) is 11.7 Å². The molecule has 0 spiro atoms. The fourth-order valence-electron chi connectivity index (χ4n) is 4.41. The first-order chi connectivity index (χ1) is 16.3. The van der Waals surface area contributed by atoms with E-state index in [0.717, 1.165) is 24.3 Å². The molecule has 6 heteroatoms. The van der Waals surface area contributed by atoms with Crippen molar-refractivity contribution in [1.82, 2.24) is 0 Å². The van der Waals surface area contributed by atoms with E-state index in [1.165, 1.54) is 29.2 Å². The molecule has 1 aliphatic rings. The van der Waals surface area contributed by atoms with Crippen molar-refractivity contribution in [3.8, 4) is 0 Å². The average Bonchev–Trinajstić information content (AvgIpc) is 3.11. The number of benzene rings is 3. The summed E-state index contributed by atoms with van der Waals surface area (Å²) in [5.41, 5.74) is 3.48. The van der Waals surface area contributed by atoms with E-state index in [-0.39, 0.29) is 16.9 Å². The van der Waals surface area contributed by atoms with Crippen LogP contribution in [0, 0.1) is 12.7 Å². The molecule has 4 rings (SSSR count). The SMILES string of the molecule is CCN(CC)c1ccc(C2/C(=C(\O)c3ccc(F)cc3)C(=O)C(=O)N2c2cccc(C)c2)cc1. The summed E-state index contributed by atoms with van der Waals surface area (Å²) in [5.74, 6) is -2.28. The number of hydrogen-bond acceptors (Lipinski definition) is 4. The highest BCUT2D eigenvalue weighted by atomic mass is 19.1. The van der Waals surface area contributed by atoms with Crippen LogP contribution in [0.1, 0.15) is 36.6 Å². The topological polar surface area (TPSA) is 60.9 Å². The molecular weight excluding hydrogens is 431 g/mol. The maximum absolute atomic E-state index is 13.5. The van der Waals surface area contributed by atoms with Crippen LogP contribution < -0.4 is 9.80 Å². The van der Waals surface area contributed by atoms with E-state index in [2.05, 4.69) is 18.7 Å². The first kappa shape index (κ1) is 23.2. The molecule has 5 nitrogen and oxygen atoms in total. The number of Topliss-reactive ketones (excluding diaryl/α,β-unsaturated/α-hetero) is 1. The molecule has 3 aromatic rings. The van der Waals surface area contributed by atoms with Gasteiger partial charge in [0.05, 0.1) is 11.6 Å². The maximum Gasteiger partial charge on any atom is 0.300 e. The van der Waals surface area contributed by atoms with Gasteiger partial charge in [0.1, 0.15) is 11.6 Å². The van der Waals surface area contributed by atoms with E-state index in [1.807, 2.05) is 49.4 Å². The fraction of sp³-hybridized carbons (Fsp3) is 0.214. The average molecular weight is 459 g/mol. The number of nitrogens with zero attached hydrogens (tertiary/aromatic N) is 2. The van der Waals surface area contributed by atoms with Gasteiger partial charge in [0.2, 0.25) is 0 Å². The van der Waals surface area contributed by atoms with Gasteiger partial charge in [-0.05, 0) is 80.4 Å². The summed E-state index contributed by atoms with van der Waals surface area (Å²) in [5, 5.41) is 11.1. The number of aryl methyl sites for hydroxylation is 1. The number of halogens is 1. The third kappa shape index (κ3) is 4.19. The van der Waals surface area contributed by atoms with E-state index >= 15 is 0 Å². The molecule has 0 radical (unpaired) electrons. The lowest BCUT2D eigenvalue weighted by Crippen LogP contribution is -2.29. The van der Waals surface area contributed by atoms with Crippen LogP contribution in [0.2, 0.25) is 0 Å². The van der Waals surface area contributed by atoms with Crippen LogP contribution in [-0.4, -0.2) is 29.9 Å². The lowest BCUT2D eigenvalue weighted by molar-refractivity contribution is -0.132. The van der Waals surface area contributed by atoms with Crippen molar-refractivity contribution in [3.63, 3.8) is 0 Å². The van der Waals surface area contributed by atoms with Crippen molar-refractivity contribution < 1.29 is 19.1 Å². The van der Waals surface area contributed by atoms with Gasteiger partial charge in [-0.1, -0.05) is 24.3 Å². The molecule has 1 heterocycles. The van der Waals surface area contributed by atoms with Crippen molar-refractivity contribution >= 4 is 28.8 Å². The molecule has 1 unspecified atom stereocenters. The summed E-state index contributed by atoms with van der Waals surface area (Å²) in [4.78, 5) is 30.1. The van der Waals surface area contributed by atoms with Gasteiger partial charge in [0.15, 0.2) is 0 Å². The highest BCUT2D eigenvalue weighted by molar-refractivity contribution is 6.51. The lowest BCUT2D eigenvalue weighted by Gasteiger charge is -2.27. The molecule has 1 atom stereocenters. The summed E-state index contributed by atoms with van der Waals surface area (Å²) < 4.78 is 13.5. The van der Waals surface area contributed by atoms with Crippen LogP contribution in [0.5, 0.6) is 0 Å². The van der Waals surface area contributed by atoms with Crippen molar-refractivity contribution in [3.05, 3.63) is 101 Å². The van der Waals surface area contributed by atoms with Crippen molar-refractivity contribution in [2.45, 2.75) is 26.8 Å². The Morgan fingerprint density at radius 3 is 2.21 bits per heavy atom.